The molecule has 0 saturated heterocycles. The van der Waals surface area contributed by atoms with Crippen molar-refractivity contribution in [2.45, 2.75) is 46.6 Å². The van der Waals surface area contributed by atoms with Gasteiger partial charge in [-0.25, -0.2) is 4.98 Å². The van der Waals surface area contributed by atoms with Crippen molar-refractivity contribution in [2.24, 2.45) is 13.0 Å². The highest BCUT2D eigenvalue weighted by Gasteiger charge is 2.24. The first-order valence-corrected chi connectivity index (χ1v) is 9.13. The SMILES string of the molecule is CCC(C)C(NC(=O)Cc1c(C)nn(C)c1C)c1nc2ccccc2[nH]1. The van der Waals surface area contributed by atoms with Gasteiger partial charge in [0, 0.05) is 18.3 Å². The van der Waals surface area contributed by atoms with Crippen molar-refractivity contribution in [1.82, 2.24) is 25.1 Å². The maximum absolute atomic E-state index is 12.8. The second-order valence-electron chi connectivity index (χ2n) is 7.02. The average molecular weight is 353 g/mol. The average Bonchev–Trinajstić information content (AvgIpc) is 3.15. The highest BCUT2D eigenvalue weighted by Crippen LogP contribution is 2.25. The van der Waals surface area contributed by atoms with Crippen LogP contribution < -0.4 is 5.32 Å². The fourth-order valence-electron chi connectivity index (χ4n) is 3.29. The Hall–Kier alpha value is -2.63. The van der Waals surface area contributed by atoms with Gasteiger partial charge in [0.1, 0.15) is 5.82 Å². The molecule has 0 fully saturated rings. The minimum absolute atomic E-state index is 0.00467. The number of aromatic amines is 1. The van der Waals surface area contributed by atoms with Crippen molar-refractivity contribution in [3.8, 4) is 0 Å². The lowest BCUT2D eigenvalue weighted by atomic mass is 9.98. The van der Waals surface area contributed by atoms with Crippen molar-refractivity contribution >= 4 is 16.9 Å². The van der Waals surface area contributed by atoms with Gasteiger partial charge in [0.25, 0.3) is 0 Å². The van der Waals surface area contributed by atoms with E-state index in [1.807, 2.05) is 49.8 Å². The van der Waals surface area contributed by atoms with E-state index in [4.69, 9.17) is 4.98 Å². The van der Waals surface area contributed by atoms with Gasteiger partial charge >= 0.3 is 0 Å². The number of carbonyl (C=O) groups is 1. The number of benzene rings is 1. The van der Waals surface area contributed by atoms with E-state index in [-0.39, 0.29) is 17.9 Å². The Balaban J connectivity index is 1.83. The van der Waals surface area contributed by atoms with E-state index in [2.05, 4.69) is 29.2 Å². The summed E-state index contributed by atoms with van der Waals surface area (Å²) in [5.41, 5.74) is 4.84. The second kappa shape index (κ2) is 7.32. The molecule has 1 amide bonds. The summed E-state index contributed by atoms with van der Waals surface area (Å²) >= 11 is 0. The van der Waals surface area contributed by atoms with Crippen molar-refractivity contribution in [1.29, 1.82) is 0 Å². The molecule has 2 heterocycles. The highest BCUT2D eigenvalue weighted by molar-refractivity contribution is 5.80. The Morgan fingerprint density at radius 2 is 2.04 bits per heavy atom. The van der Waals surface area contributed by atoms with Gasteiger partial charge in [0.15, 0.2) is 0 Å². The van der Waals surface area contributed by atoms with Gasteiger partial charge in [0.2, 0.25) is 5.91 Å². The molecule has 2 aromatic heterocycles. The van der Waals surface area contributed by atoms with Crippen LogP contribution in [0.25, 0.3) is 11.0 Å². The number of carbonyl (C=O) groups excluding carboxylic acids is 1. The smallest absolute Gasteiger partial charge is 0.225 e. The normalized spacial score (nSPS) is 13.7. The molecule has 3 aromatic rings. The number of aryl methyl sites for hydroxylation is 2. The van der Waals surface area contributed by atoms with Crippen molar-refractivity contribution in [2.75, 3.05) is 0 Å². The van der Waals surface area contributed by atoms with Gasteiger partial charge in [0.05, 0.1) is 29.2 Å². The summed E-state index contributed by atoms with van der Waals surface area (Å²) in [6, 6.07) is 7.79. The Morgan fingerprint density at radius 3 is 2.65 bits per heavy atom. The van der Waals surface area contributed by atoms with Crippen molar-refractivity contribution in [3.05, 3.63) is 47.0 Å². The van der Waals surface area contributed by atoms with Gasteiger partial charge in [-0.1, -0.05) is 32.4 Å². The Morgan fingerprint density at radius 1 is 1.31 bits per heavy atom. The Labute approximate surface area is 154 Å². The summed E-state index contributed by atoms with van der Waals surface area (Å²) in [5.74, 6) is 1.08. The van der Waals surface area contributed by atoms with Gasteiger partial charge in [-0.2, -0.15) is 5.10 Å². The molecule has 26 heavy (non-hydrogen) atoms. The van der Waals surface area contributed by atoms with E-state index in [9.17, 15) is 4.79 Å². The van der Waals surface area contributed by atoms with E-state index < -0.39 is 0 Å². The van der Waals surface area contributed by atoms with Crippen molar-refractivity contribution in [3.63, 3.8) is 0 Å². The van der Waals surface area contributed by atoms with Gasteiger partial charge in [-0.15, -0.1) is 0 Å². The zero-order chi connectivity index (χ0) is 18.8. The molecule has 6 nitrogen and oxygen atoms in total. The third-order valence-electron chi connectivity index (χ3n) is 5.23. The van der Waals surface area contributed by atoms with Gasteiger partial charge in [-0.05, 0) is 31.9 Å². The van der Waals surface area contributed by atoms with Gasteiger partial charge in [-0.3, -0.25) is 9.48 Å². The molecular weight excluding hydrogens is 326 g/mol. The maximum atomic E-state index is 12.8. The first kappa shape index (κ1) is 18.2. The summed E-state index contributed by atoms with van der Waals surface area (Å²) < 4.78 is 1.82. The molecule has 0 aliphatic carbocycles. The lowest BCUT2D eigenvalue weighted by Crippen LogP contribution is -2.34. The summed E-state index contributed by atoms with van der Waals surface area (Å²) in [4.78, 5) is 20.8. The molecule has 0 saturated carbocycles. The summed E-state index contributed by atoms with van der Waals surface area (Å²) in [7, 11) is 1.90. The minimum atomic E-state index is -0.141. The number of nitrogens with one attached hydrogen (secondary N) is 2. The lowest BCUT2D eigenvalue weighted by Gasteiger charge is -2.22. The van der Waals surface area contributed by atoms with Crippen LogP contribution in [-0.2, 0) is 18.3 Å². The van der Waals surface area contributed by atoms with Crippen LogP contribution in [0.4, 0.5) is 0 Å². The number of hydrogen-bond donors (Lipinski definition) is 2. The Bertz CT molecular complexity index is 891. The molecule has 1 aromatic carbocycles. The van der Waals surface area contributed by atoms with Crippen LogP contribution in [-0.4, -0.2) is 25.7 Å². The second-order valence-corrected chi connectivity index (χ2v) is 7.02. The molecule has 0 spiro atoms. The highest BCUT2D eigenvalue weighted by atomic mass is 16.1. The lowest BCUT2D eigenvalue weighted by molar-refractivity contribution is -0.121. The Kier molecular flexibility index (Phi) is 5.11. The van der Waals surface area contributed by atoms with E-state index in [0.717, 1.165) is 40.2 Å². The van der Waals surface area contributed by atoms with E-state index in [1.54, 1.807) is 0 Å². The summed E-state index contributed by atoms with van der Waals surface area (Å²) in [5, 5.41) is 7.59. The number of amides is 1. The van der Waals surface area contributed by atoms with Gasteiger partial charge < -0.3 is 10.3 Å². The van der Waals surface area contributed by atoms with E-state index in [1.165, 1.54) is 0 Å². The molecule has 0 bridgehead atoms. The topological polar surface area (TPSA) is 75.6 Å². The quantitative estimate of drug-likeness (QED) is 0.713. The largest absolute Gasteiger partial charge is 0.346 e. The van der Waals surface area contributed by atoms with E-state index >= 15 is 0 Å². The number of para-hydroxylation sites is 2. The minimum Gasteiger partial charge on any atom is -0.346 e. The van der Waals surface area contributed by atoms with Crippen LogP contribution in [0.3, 0.4) is 0 Å². The molecule has 2 unspecified atom stereocenters. The monoisotopic (exact) mass is 353 g/mol. The first-order valence-electron chi connectivity index (χ1n) is 9.13. The van der Waals surface area contributed by atoms with Crippen LogP contribution >= 0.6 is 0 Å². The number of hydrogen-bond acceptors (Lipinski definition) is 3. The molecule has 6 heteroatoms. The number of nitrogens with zero attached hydrogens (tertiary/aromatic N) is 3. The number of fused-ring (bicyclic) bond motifs is 1. The third-order valence-corrected chi connectivity index (χ3v) is 5.23. The molecule has 0 aliphatic rings. The van der Waals surface area contributed by atoms with E-state index in [0.29, 0.717) is 6.42 Å². The standard InChI is InChI=1S/C20H27N5O/c1-6-12(2)19(20-21-16-9-7-8-10-17(16)22-20)23-18(26)11-15-13(3)24-25(5)14(15)4/h7-10,12,19H,6,11H2,1-5H3,(H,21,22)(H,23,26). The number of imidazole rings is 1. The van der Waals surface area contributed by atoms with Crippen LogP contribution in [0, 0.1) is 19.8 Å². The van der Waals surface area contributed by atoms with Crippen molar-refractivity contribution < 1.29 is 4.79 Å². The molecule has 3 rings (SSSR count). The van der Waals surface area contributed by atoms with Crippen LogP contribution in [0.5, 0.6) is 0 Å². The fraction of sp³-hybridized carbons (Fsp3) is 0.450. The zero-order valence-electron chi connectivity index (χ0n) is 16.1. The molecule has 0 aliphatic heterocycles. The fourth-order valence-corrected chi connectivity index (χ4v) is 3.29. The predicted octanol–water partition coefficient (Wildman–Crippen LogP) is 3.36. The summed E-state index contributed by atoms with van der Waals surface area (Å²) in [6.07, 6.45) is 1.28. The number of H-pyrrole nitrogens is 1. The predicted molar refractivity (Wildman–Crippen MR) is 103 cm³/mol. The van der Waals surface area contributed by atoms with Crippen LogP contribution in [0.2, 0.25) is 0 Å². The summed E-state index contributed by atoms with van der Waals surface area (Å²) in [6.45, 7) is 8.20. The first-order chi connectivity index (χ1) is 12.4. The third kappa shape index (κ3) is 3.49. The van der Waals surface area contributed by atoms with Crippen LogP contribution in [0.1, 0.15) is 49.1 Å². The molecule has 2 N–H and O–H groups in total. The van der Waals surface area contributed by atoms with Crippen LogP contribution in [0.15, 0.2) is 24.3 Å². The molecule has 0 radical (unpaired) electrons. The zero-order valence-corrected chi connectivity index (χ0v) is 16.1. The molecule has 2 atom stereocenters. The molecular formula is C20H27N5O. The number of rotatable bonds is 6. The maximum Gasteiger partial charge on any atom is 0.225 e. The molecule has 138 valence electrons. The number of aromatic nitrogens is 4.